The van der Waals surface area contributed by atoms with Crippen LogP contribution in [0.25, 0.3) is 0 Å². The van der Waals surface area contributed by atoms with Gasteiger partial charge in [0.15, 0.2) is 0 Å². The third-order valence-corrected chi connectivity index (χ3v) is 2.92. The third kappa shape index (κ3) is 3.99. The lowest BCUT2D eigenvalue weighted by Crippen LogP contribution is -2.08. The maximum atomic E-state index is 11.3. The monoisotopic (exact) mass is 196 g/mol. The van der Waals surface area contributed by atoms with Crippen LogP contribution in [0.4, 0.5) is 0 Å². The Morgan fingerprint density at radius 3 is 2.46 bits per heavy atom. The third-order valence-electron chi connectivity index (χ3n) is 1.53. The van der Waals surface area contributed by atoms with E-state index in [1.54, 1.807) is 0 Å². The molecule has 1 rings (SSSR count). The van der Waals surface area contributed by atoms with Crippen molar-refractivity contribution < 1.29 is 9.00 Å². The zero-order chi connectivity index (χ0) is 9.68. The summed E-state index contributed by atoms with van der Waals surface area (Å²) in [6.45, 7) is 1.46. The second kappa shape index (κ2) is 4.92. The largest absolute Gasteiger partial charge is 0.299 e. The van der Waals surface area contributed by atoms with E-state index in [4.69, 9.17) is 0 Å². The van der Waals surface area contributed by atoms with Gasteiger partial charge in [0.2, 0.25) is 0 Å². The van der Waals surface area contributed by atoms with Crippen LogP contribution in [0.3, 0.4) is 0 Å². The van der Waals surface area contributed by atoms with Crippen molar-refractivity contribution in [2.75, 3.05) is 5.75 Å². The summed E-state index contributed by atoms with van der Waals surface area (Å²) in [6, 6.07) is 9.55. The molecule has 0 aliphatic heterocycles. The smallest absolute Gasteiger partial charge is 0.142 e. The minimum absolute atomic E-state index is 0.0192. The Hall–Kier alpha value is -0.960. The Balaban J connectivity index is 2.50. The quantitative estimate of drug-likeness (QED) is 0.731. The van der Waals surface area contributed by atoms with E-state index in [0.29, 0.717) is 5.75 Å². The lowest BCUT2D eigenvalue weighted by molar-refractivity contribution is -0.114. The fraction of sp³-hybridized carbons (Fsp3) is 0.300. The van der Waals surface area contributed by atoms with Gasteiger partial charge in [-0.1, -0.05) is 30.3 Å². The van der Waals surface area contributed by atoms with Gasteiger partial charge in [-0.15, -0.1) is 0 Å². The van der Waals surface area contributed by atoms with Crippen LogP contribution in [0.1, 0.15) is 12.5 Å². The fourth-order valence-electron chi connectivity index (χ4n) is 1.04. The van der Waals surface area contributed by atoms with E-state index in [0.717, 1.165) is 5.56 Å². The Morgan fingerprint density at radius 1 is 1.31 bits per heavy atom. The molecular formula is C10H12O2S. The zero-order valence-electron chi connectivity index (χ0n) is 7.53. The first-order valence-corrected chi connectivity index (χ1v) is 5.55. The molecule has 13 heavy (non-hydrogen) atoms. The molecule has 1 aromatic rings. The molecule has 0 aliphatic carbocycles. The molecule has 70 valence electrons. The highest BCUT2D eigenvalue weighted by molar-refractivity contribution is 7.84. The number of Topliss-reactive ketones (excluding diaryl/α,β-unsaturated/α-hetero) is 1. The van der Waals surface area contributed by atoms with Crippen molar-refractivity contribution in [2.45, 2.75) is 12.7 Å². The maximum absolute atomic E-state index is 11.3. The van der Waals surface area contributed by atoms with Crippen molar-refractivity contribution in [3.05, 3.63) is 35.9 Å². The van der Waals surface area contributed by atoms with E-state index in [9.17, 15) is 9.00 Å². The summed E-state index contributed by atoms with van der Waals surface area (Å²) in [5.41, 5.74) is 1.02. The molecule has 3 heteroatoms. The van der Waals surface area contributed by atoms with E-state index < -0.39 is 10.8 Å². The molecule has 1 atom stereocenters. The Kier molecular flexibility index (Phi) is 3.83. The van der Waals surface area contributed by atoms with Crippen molar-refractivity contribution >= 4 is 16.6 Å². The van der Waals surface area contributed by atoms with E-state index in [1.165, 1.54) is 6.92 Å². The van der Waals surface area contributed by atoms with Gasteiger partial charge < -0.3 is 0 Å². The predicted molar refractivity (Wildman–Crippen MR) is 53.8 cm³/mol. The molecule has 0 fully saturated rings. The highest BCUT2D eigenvalue weighted by Crippen LogP contribution is 2.02. The number of benzene rings is 1. The topological polar surface area (TPSA) is 34.1 Å². The van der Waals surface area contributed by atoms with E-state index >= 15 is 0 Å². The number of carbonyl (C=O) groups is 1. The molecule has 0 N–H and O–H groups in total. The van der Waals surface area contributed by atoms with Crippen LogP contribution in [0.15, 0.2) is 30.3 Å². The van der Waals surface area contributed by atoms with Gasteiger partial charge >= 0.3 is 0 Å². The number of ketones is 1. The van der Waals surface area contributed by atoms with Crippen LogP contribution >= 0.6 is 0 Å². The van der Waals surface area contributed by atoms with Gasteiger partial charge in [-0.05, 0) is 12.5 Å². The van der Waals surface area contributed by atoms with Gasteiger partial charge in [-0.25, -0.2) is 0 Å². The highest BCUT2D eigenvalue weighted by atomic mass is 32.2. The van der Waals surface area contributed by atoms with Gasteiger partial charge in [0, 0.05) is 16.6 Å². The molecule has 0 radical (unpaired) electrons. The normalized spacial score (nSPS) is 12.4. The van der Waals surface area contributed by atoms with Crippen molar-refractivity contribution in [1.82, 2.24) is 0 Å². The molecule has 0 unspecified atom stereocenters. The number of rotatable bonds is 4. The fourth-order valence-corrected chi connectivity index (χ4v) is 2.16. The van der Waals surface area contributed by atoms with E-state index in [1.807, 2.05) is 30.3 Å². The number of carbonyl (C=O) groups excluding carboxylic acids is 1. The summed E-state index contributed by atoms with van der Waals surface area (Å²) in [5.74, 6) is 0.615. The molecule has 0 spiro atoms. The van der Waals surface area contributed by atoms with Gasteiger partial charge in [-0.2, -0.15) is 0 Å². The van der Waals surface area contributed by atoms with Gasteiger partial charge in [-0.3, -0.25) is 9.00 Å². The second-order valence-corrected chi connectivity index (χ2v) is 4.37. The van der Waals surface area contributed by atoms with Crippen LogP contribution in [0, 0.1) is 0 Å². The first kappa shape index (κ1) is 10.1. The minimum atomic E-state index is -1.05. The van der Waals surface area contributed by atoms with E-state index in [-0.39, 0.29) is 11.5 Å². The maximum Gasteiger partial charge on any atom is 0.142 e. The Morgan fingerprint density at radius 2 is 1.92 bits per heavy atom. The predicted octanol–water partition coefficient (Wildman–Crippen LogP) is 1.52. The molecule has 0 heterocycles. The van der Waals surface area contributed by atoms with E-state index in [2.05, 4.69) is 0 Å². The summed E-state index contributed by atoms with van der Waals surface area (Å²) in [6.07, 6.45) is 0. The molecule has 0 saturated heterocycles. The van der Waals surface area contributed by atoms with Crippen LogP contribution < -0.4 is 0 Å². The second-order valence-electron chi connectivity index (χ2n) is 2.92. The summed E-state index contributed by atoms with van der Waals surface area (Å²) >= 11 is 0. The highest BCUT2D eigenvalue weighted by Gasteiger charge is 2.03. The zero-order valence-corrected chi connectivity index (χ0v) is 8.34. The lowest BCUT2D eigenvalue weighted by atomic mass is 10.2. The first-order chi connectivity index (χ1) is 6.18. The number of hydrogen-bond acceptors (Lipinski definition) is 2. The Bertz CT molecular complexity index is 306. The average Bonchev–Trinajstić information content (AvgIpc) is 2.04. The summed E-state index contributed by atoms with van der Waals surface area (Å²) < 4.78 is 11.3. The molecule has 0 aromatic heterocycles. The minimum Gasteiger partial charge on any atom is -0.299 e. The molecule has 0 amide bonds. The van der Waals surface area contributed by atoms with Gasteiger partial charge in [0.25, 0.3) is 0 Å². The van der Waals surface area contributed by atoms with Gasteiger partial charge in [0.1, 0.15) is 5.78 Å². The number of hydrogen-bond donors (Lipinski definition) is 0. The molecule has 0 saturated carbocycles. The van der Waals surface area contributed by atoms with Crippen molar-refractivity contribution in [3.63, 3.8) is 0 Å². The van der Waals surface area contributed by atoms with Crippen molar-refractivity contribution in [3.8, 4) is 0 Å². The SMILES string of the molecule is CC(=O)C[S@@](=O)Cc1ccccc1. The van der Waals surface area contributed by atoms with Crippen LogP contribution in [0.2, 0.25) is 0 Å². The average molecular weight is 196 g/mol. The standard InChI is InChI=1S/C10H12O2S/c1-9(11)7-13(12)8-10-5-3-2-4-6-10/h2-6H,7-8H2,1H3/t13-/m1/s1. The van der Waals surface area contributed by atoms with Crippen molar-refractivity contribution in [1.29, 1.82) is 0 Å². The molecule has 1 aromatic carbocycles. The Labute approximate surface area is 80.4 Å². The summed E-state index contributed by atoms with van der Waals surface area (Å²) in [7, 11) is -1.05. The molecule has 0 bridgehead atoms. The first-order valence-electron chi connectivity index (χ1n) is 4.07. The lowest BCUT2D eigenvalue weighted by Gasteiger charge is -1.99. The van der Waals surface area contributed by atoms with Crippen molar-refractivity contribution in [2.24, 2.45) is 0 Å². The molecule has 0 aliphatic rings. The summed E-state index contributed by atoms with van der Waals surface area (Å²) in [4.78, 5) is 10.7. The van der Waals surface area contributed by atoms with Gasteiger partial charge in [0.05, 0.1) is 5.75 Å². The molecule has 2 nitrogen and oxygen atoms in total. The van der Waals surface area contributed by atoms with Crippen LogP contribution in [-0.2, 0) is 21.3 Å². The van der Waals surface area contributed by atoms with Crippen LogP contribution in [-0.4, -0.2) is 15.7 Å². The molecular weight excluding hydrogens is 184 g/mol. The summed E-state index contributed by atoms with van der Waals surface area (Å²) in [5, 5.41) is 0. The van der Waals surface area contributed by atoms with Crippen LogP contribution in [0.5, 0.6) is 0 Å².